The number of H-pyrrole nitrogens is 1. The number of rotatable bonds is 4. The average Bonchev–Trinajstić information content (AvgIpc) is 3.01. The molecule has 2 aromatic rings. The van der Waals surface area contributed by atoms with Crippen LogP contribution in [0.25, 0.3) is 11.3 Å². The van der Waals surface area contributed by atoms with Crippen molar-refractivity contribution in [1.29, 1.82) is 0 Å². The first kappa shape index (κ1) is 17.5. The van der Waals surface area contributed by atoms with E-state index in [0.29, 0.717) is 12.1 Å². The van der Waals surface area contributed by atoms with Crippen LogP contribution in [0.15, 0.2) is 30.3 Å². The largest absolute Gasteiger partial charge is 0.497 e. The molecule has 24 heavy (non-hydrogen) atoms. The summed E-state index contributed by atoms with van der Waals surface area (Å²) >= 11 is 0. The molecule has 2 amide bonds. The van der Waals surface area contributed by atoms with Gasteiger partial charge in [0.1, 0.15) is 11.4 Å². The predicted molar refractivity (Wildman–Crippen MR) is 90.3 cm³/mol. The third kappa shape index (κ3) is 4.84. The number of carbonyl (C=O) groups excluding carboxylic acids is 2. The first-order valence-electron chi connectivity index (χ1n) is 7.57. The van der Waals surface area contributed by atoms with Crippen molar-refractivity contribution in [2.45, 2.75) is 27.2 Å². The van der Waals surface area contributed by atoms with Crippen molar-refractivity contribution in [2.24, 2.45) is 5.41 Å². The molecular formula is C17H22N4O3. The number of aromatic amines is 1. The summed E-state index contributed by atoms with van der Waals surface area (Å²) in [6, 6.07) is 8.95. The highest BCUT2D eigenvalue weighted by Crippen LogP contribution is 2.21. The van der Waals surface area contributed by atoms with Gasteiger partial charge in [-0.3, -0.25) is 25.5 Å². The monoisotopic (exact) mass is 330 g/mol. The number of amides is 2. The topological polar surface area (TPSA) is 96.1 Å². The van der Waals surface area contributed by atoms with E-state index >= 15 is 0 Å². The highest BCUT2D eigenvalue weighted by molar-refractivity contribution is 5.94. The van der Waals surface area contributed by atoms with E-state index in [1.54, 1.807) is 13.2 Å². The van der Waals surface area contributed by atoms with Crippen LogP contribution < -0.4 is 15.6 Å². The van der Waals surface area contributed by atoms with Crippen LogP contribution in [0.5, 0.6) is 5.75 Å². The van der Waals surface area contributed by atoms with E-state index in [1.165, 1.54) is 0 Å². The third-order valence-electron chi connectivity index (χ3n) is 3.21. The van der Waals surface area contributed by atoms with Crippen LogP contribution in [0.2, 0.25) is 0 Å². The van der Waals surface area contributed by atoms with E-state index in [-0.39, 0.29) is 17.0 Å². The van der Waals surface area contributed by atoms with Crippen LogP contribution in [0, 0.1) is 5.41 Å². The van der Waals surface area contributed by atoms with E-state index < -0.39 is 5.91 Å². The lowest BCUT2D eigenvalue weighted by molar-refractivity contribution is -0.123. The summed E-state index contributed by atoms with van der Waals surface area (Å²) in [7, 11) is 1.60. The summed E-state index contributed by atoms with van der Waals surface area (Å²) < 4.78 is 5.10. The summed E-state index contributed by atoms with van der Waals surface area (Å²) in [6.07, 6.45) is 0.313. The molecule has 1 aromatic heterocycles. The smallest absolute Gasteiger partial charge is 0.287 e. The molecule has 0 bridgehead atoms. The normalized spacial score (nSPS) is 11.0. The minimum Gasteiger partial charge on any atom is -0.497 e. The second-order valence-electron chi connectivity index (χ2n) is 6.64. The summed E-state index contributed by atoms with van der Waals surface area (Å²) in [4.78, 5) is 23.8. The van der Waals surface area contributed by atoms with Gasteiger partial charge in [0.15, 0.2) is 0 Å². The Morgan fingerprint density at radius 3 is 2.42 bits per heavy atom. The minimum absolute atomic E-state index is 0.148. The predicted octanol–water partition coefficient (Wildman–Crippen LogP) is 2.28. The molecule has 0 aliphatic rings. The van der Waals surface area contributed by atoms with Gasteiger partial charge in [-0.05, 0) is 35.7 Å². The van der Waals surface area contributed by atoms with Crippen LogP contribution in [0.1, 0.15) is 37.7 Å². The van der Waals surface area contributed by atoms with Crippen molar-refractivity contribution in [2.75, 3.05) is 7.11 Å². The Kier molecular flexibility index (Phi) is 5.23. The van der Waals surface area contributed by atoms with Gasteiger partial charge in [0.2, 0.25) is 5.91 Å². The fraction of sp³-hybridized carbons (Fsp3) is 0.353. The Balaban J connectivity index is 1.96. The average molecular weight is 330 g/mol. The van der Waals surface area contributed by atoms with Gasteiger partial charge in [0, 0.05) is 12.0 Å². The lowest BCUT2D eigenvalue weighted by Gasteiger charge is -2.17. The number of nitrogens with zero attached hydrogens (tertiary/aromatic N) is 1. The molecule has 0 fully saturated rings. The van der Waals surface area contributed by atoms with Crippen LogP contribution in [-0.4, -0.2) is 29.1 Å². The Bertz CT molecular complexity index is 714. The molecule has 1 aromatic carbocycles. The maximum atomic E-state index is 12.0. The fourth-order valence-corrected chi connectivity index (χ4v) is 2.07. The van der Waals surface area contributed by atoms with Crippen molar-refractivity contribution < 1.29 is 14.3 Å². The van der Waals surface area contributed by atoms with Gasteiger partial charge < -0.3 is 4.74 Å². The number of benzene rings is 1. The first-order valence-corrected chi connectivity index (χ1v) is 7.57. The Morgan fingerprint density at radius 2 is 1.83 bits per heavy atom. The molecule has 0 aliphatic carbocycles. The highest BCUT2D eigenvalue weighted by Gasteiger charge is 2.17. The fourth-order valence-electron chi connectivity index (χ4n) is 2.07. The molecular weight excluding hydrogens is 308 g/mol. The van der Waals surface area contributed by atoms with Crippen molar-refractivity contribution in [1.82, 2.24) is 21.0 Å². The van der Waals surface area contributed by atoms with Gasteiger partial charge in [-0.2, -0.15) is 5.10 Å². The Hall–Kier alpha value is -2.83. The molecule has 3 N–H and O–H groups in total. The quantitative estimate of drug-likeness (QED) is 0.749. The van der Waals surface area contributed by atoms with Gasteiger partial charge >= 0.3 is 0 Å². The van der Waals surface area contributed by atoms with E-state index in [0.717, 1.165) is 11.3 Å². The van der Waals surface area contributed by atoms with E-state index in [1.807, 2.05) is 45.0 Å². The molecule has 7 nitrogen and oxygen atoms in total. The standard InChI is InChI=1S/C17H22N4O3/c1-17(2,3)10-15(22)20-21-16(23)14-9-13(18-19-14)11-5-7-12(24-4)8-6-11/h5-9H,10H2,1-4H3,(H,18,19)(H,20,22)(H,21,23). The van der Waals surface area contributed by atoms with E-state index in [9.17, 15) is 9.59 Å². The second-order valence-corrected chi connectivity index (χ2v) is 6.64. The summed E-state index contributed by atoms with van der Waals surface area (Å²) in [5.41, 5.74) is 6.36. The van der Waals surface area contributed by atoms with Crippen molar-refractivity contribution in [3.8, 4) is 17.0 Å². The lowest BCUT2D eigenvalue weighted by Crippen LogP contribution is -2.42. The highest BCUT2D eigenvalue weighted by atomic mass is 16.5. The van der Waals surface area contributed by atoms with Crippen LogP contribution >= 0.6 is 0 Å². The van der Waals surface area contributed by atoms with Crippen LogP contribution in [-0.2, 0) is 4.79 Å². The third-order valence-corrected chi connectivity index (χ3v) is 3.21. The molecule has 0 unspecified atom stereocenters. The molecule has 128 valence electrons. The summed E-state index contributed by atoms with van der Waals surface area (Å²) in [5.74, 6) is 0.0454. The van der Waals surface area contributed by atoms with E-state index in [4.69, 9.17) is 4.74 Å². The number of hydrogen-bond acceptors (Lipinski definition) is 4. The summed E-state index contributed by atoms with van der Waals surface area (Å²) in [6.45, 7) is 5.85. The lowest BCUT2D eigenvalue weighted by atomic mass is 9.92. The van der Waals surface area contributed by atoms with Crippen molar-refractivity contribution >= 4 is 11.8 Å². The minimum atomic E-state index is -0.454. The molecule has 1 heterocycles. The number of aromatic nitrogens is 2. The molecule has 7 heteroatoms. The van der Waals surface area contributed by atoms with Gasteiger partial charge in [0.05, 0.1) is 12.8 Å². The maximum Gasteiger partial charge on any atom is 0.287 e. The van der Waals surface area contributed by atoms with Gasteiger partial charge in [0.25, 0.3) is 5.91 Å². The SMILES string of the molecule is COc1ccc(-c2cc(C(=O)NNC(=O)CC(C)(C)C)[nH]n2)cc1. The van der Waals surface area contributed by atoms with Crippen LogP contribution in [0.4, 0.5) is 0 Å². The van der Waals surface area contributed by atoms with Gasteiger partial charge in [-0.25, -0.2) is 0 Å². The van der Waals surface area contributed by atoms with Gasteiger partial charge in [-0.15, -0.1) is 0 Å². The Labute approximate surface area is 140 Å². The molecule has 0 saturated carbocycles. The number of hydrogen-bond donors (Lipinski definition) is 3. The number of nitrogens with one attached hydrogen (secondary N) is 3. The molecule has 2 rings (SSSR count). The second kappa shape index (κ2) is 7.16. The Morgan fingerprint density at radius 1 is 1.17 bits per heavy atom. The zero-order valence-electron chi connectivity index (χ0n) is 14.3. The molecule has 0 saturated heterocycles. The number of ether oxygens (including phenoxy) is 1. The zero-order valence-corrected chi connectivity index (χ0v) is 14.3. The first-order chi connectivity index (χ1) is 11.3. The van der Waals surface area contributed by atoms with Gasteiger partial charge in [-0.1, -0.05) is 20.8 Å². The maximum absolute atomic E-state index is 12.0. The molecule has 0 spiro atoms. The number of methoxy groups -OCH3 is 1. The molecule has 0 aliphatic heterocycles. The number of hydrazine groups is 1. The van der Waals surface area contributed by atoms with Crippen molar-refractivity contribution in [3.63, 3.8) is 0 Å². The van der Waals surface area contributed by atoms with Crippen LogP contribution in [0.3, 0.4) is 0 Å². The van der Waals surface area contributed by atoms with Crippen molar-refractivity contribution in [3.05, 3.63) is 36.0 Å². The zero-order chi connectivity index (χ0) is 17.7. The van der Waals surface area contributed by atoms with E-state index in [2.05, 4.69) is 21.0 Å². The number of carbonyl (C=O) groups is 2. The molecule has 0 radical (unpaired) electrons. The molecule has 0 atom stereocenters. The summed E-state index contributed by atoms with van der Waals surface area (Å²) in [5, 5.41) is 6.77.